The normalized spacial score (nSPS) is 13.7. The van der Waals surface area contributed by atoms with Gasteiger partial charge in [0.05, 0.1) is 18.2 Å². The van der Waals surface area contributed by atoms with Crippen LogP contribution < -0.4 is 14.8 Å². The molecule has 1 aliphatic rings. The van der Waals surface area contributed by atoms with Crippen LogP contribution in [0.1, 0.15) is 6.42 Å². The Labute approximate surface area is 108 Å². The number of carbonyl (C=O) groups excluding carboxylic acids is 1. The molecule has 1 aromatic carbocycles. The van der Waals surface area contributed by atoms with Crippen molar-refractivity contribution in [3.8, 4) is 11.5 Å². The molecule has 96 valence electrons. The predicted molar refractivity (Wildman–Crippen MR) is 65.9 cm³/mol. The summed E-state index contributed by atoms with van der Waals surface area (Å²) in [5.41, 5.74) is 0.327. The van der Waals surface area contributed by atoms with E-state index in [-0.39, 0.29) is 0 Å². The maximum absolute atomic E-state index is 12.6. The molecule has 2 rings (SSSR count). The lowest BCUT2D eigenvalue weighted by Crippen LogP contribution is -2.11. The van der Waals surface area contributed by atoms with Crippen LogP contribution in [0.25, 0.3) is 0 Å². The summed E-state index contributed by atoms with van der Waals surface area (Å²) >= 11 is 6.01. The molecule has 1 amide bonds. The molecule has 4 nitrogen and oxygen atoms in total. The number of amides is 1. The van der Waals surface area contributed by atoms with E-state index in [2.05, 4.69) is 11.9 Å². The summed E-state index contributed by atoms with van der Waals surface area (Å²) in [5.74, 6) is -1.12. The van der Waals surface area contributed by atoms with E-state index in [4.69, 9.17) is 21.1 Å². The van der Waals surface area contributed by atoms with Crippen LogP contribution in [-0.4, -0.2) is 19.1 Å². The van der Waals surface area contributed by atoms with Gasteiger partial charge in [-0.25, -0.2) is 4.39 Å². The second kappa shape index (κ2) is 5.27. The van der Waals surface area contributed by atoms with Gasteiger partial charge >= 0.3 is 0 Å². The van der Waals surface area contributed by atoms with Gasteiger partial charge in [-0.2, -0.15) is 0 Å². The van der Waals surface area contributed by atoms with E-state index in [1.165, 1.54) is 12.1 Å². The van der Waals surface area contributed by atoms with Gasteiger partial charge in [0, 0.05) is 18.2 Å². The quantitative estimate of drug-likeness (QED) is 0.842. The molecular formula is C12H11ClFNO3. The minimum absolute atomic E-state index is 0.300. The molecule has 18 heavy (non-hydrogen) atoms. The van der Waals surface area contributed by atoms with E-state index in [9.17, 15) is 9.18 Å². The zero-order chi connectivity index (χ0) is 13.1. The summed E-state index contributed by atoms with van der Waals surface area (Å²) in [6, 6.07) is 3.00. The molecule has 1 aliphatic heterocycles. The highest BCUT2D eigenvalue weighted by atomic mass is 35.5. The minimum Gasteiger partial charge on any atom is -0.489 e. The van der Waals surface area contributed by atoms with Crippen molar-refractivity contribution in [1.82, 2.24) is 0 Å². The molecule has 0 fully saturated rings. The van der Waals surface area contributed by atoms with Crippen molar-refractivity contribution < 1.29 is 18.7 Å². The van der Waals surface area contributed by atoms with Crippen LogP contribution >= 0.6 is 11.6 Å². The molecule has 0 spiro atoms. The summed E-state index contributed by atoms with van der Waals surface area (Å²) < 4.78 is 23.5. The van der Waals surface area contributed by atoms with Crippen LogP contribution in [0.5, 0.6) is 11.5 Å². The number of fused-ring (bicyclic) bond motifs is 1. The number of hydrogen-bond donors (Lipinski definition) is 1. The molecule has 0 saturated carbocycles. The van der Waals surface area contributed by atoms with Crippen LogP contribution in [-0.2, 0) is 4.79 Å². The first-order valence-corrected chi connectivity index (χ1v) is 5.70. The lowest BCUT2D eigenvalue weighted by Gasteiger charge is -2.11. The first-order valence-electron chi connectivity index (χ1n) is 5.33. The monoisotopic (exact) mass is 271 g/mol. The van der Waals surface area contributed by atoms with Crippen LogP contribution in [0.3, 0.4) is 0 Å². The third-order valence-electron chi connectivity index (χ3n) is 2.31. The third-order valence-corrected chi connectivity index (χ3v) is 2.59. The van der Waals surface area contributed by atoms with Crippen molar-refractivity contribution in [2.24, 2.45) is 0 Å². The second-order valence-corrected chi connectivity index (χ2v) is 4.10. The van der Waals surface area contributed by atoms with Crippen LogP contribution in [0.4, 0.5) is 10.1 Å². The number of nitrogens with one attached hydrogen (secondary N) is 1. The lowest BCUT2D eigenvalue weighted by atomic mass is 10.2. The standard InChI is InChI=1S/C12H11ClFNO3/c1-7(14)12(16)15-8-5-9(13)11-10(6-8)17-3-2-4-18-11/h5-6H,1-4H2,(H,15,16). The molecule has 1 N–H and O–H groups in total. The highest BCUT2D eigenvalue weighted by Crippen LogP contribution is 2.39. The molecule has 0 bridgehead atoms. The maximum Gasteiger partial charge on any atom is 0.283 e. The fourth-order valence-corrected chi connectivity index (χ4v) is 1.77. The summed E-state index contributed by atoms with van der Waals surface area (Å²) in [6.07, 6.45) is 0.744. The smallest absolute Gasteiger partial charge is 0.283 e. The number of hydrogen-bond acceptors (Lipinski definition) is 3. The fraction of sp³-hybridized carbons (Fsp3) is 0.250. The van der Waals surface area contributed by atoms with Crippen LogP contribution in [0.15, 0.2) is 24.5 Å². The third kappa shape index (κ3) is 2.73. The molecule has 0 aliphatic carbocycles. The van der Waals surface area contributed by atoms with Crippen LogP contribution in [0, 0.1) is 0 Å². The Kier molecular flexibility index (Phi) is 3.72. The number of anilines is 1. The molecule has 6 heteroatoms. The number of ether oxygens (including phenoxy) is 2. The Hall–Kier alpha value is -1.75. The molecule has 0 radical (unpaired) electrons. The fourth-order valence-electron chi connectivity index (χ4n) is 1.50. The van der Waals surface area contributed by atoms with E-state index in [1.807, 2.05) is 0 Å². The molecule has 1 heterocycles. The minimum atomic E-state index is -1.07. The summed E-state index contributed by atoms with van der Waals surface area (Å²) in [5, 5.41) is 2.62. The molecule has 0 aromatic heterocycles. The summed E-state index contributed by atoms with van der Waals surface area (Å²) in [6.45, 7) is 3.92. The van der Waals surface area contributed by atoms with Gasteiger partial charge in [0.1, 0.15) is 0 Å². The zero-order valence-corrected chi connectivity index (χ0v) is 10.2. The maximum atomic E-state index is 12.6. The Bertz CT molecular complexity index is 504. The number of halogens is 2. The van der Waals surface area contributed by atoms with Crippen molar-refractivity contribution in [2.45, 2.75) is 6.42 Å². The van der Waals surface area contributed by atoms with Gasteiger partial charge in [0.25, 0.3) is 5.91 Å². The van der Waals surface area contributed by atoms with Crippen LogP contribution in [0.2, 0.25) is 5.02 Å². The van der Waals surface area contributed by atoms with Gasteiger partial charge in [-0.1, -0.05) is 18.2 Å². The average molecular weight is 272 g/mol. The average Bonchev–Trinajstić information content (AvgIpc) is 2.54. The van der Waals surface area contributed by atoms with Crippen molar-refractivity contribution in [1.29, 1.82) is 0 Å². The van der Waals surface area contributed by atoms with Crippen molar-refractivity contribution in [2.75, 3.05) is 18.5 Å². The second-order valence-electron chi connectivity index (χ2n) is 3.69. The van der Waals surface area contributed by atoms with E-state index < -0.39 is 11.7 Å². The van der Waals surface area contributed by atoms with Crippen molar-refractivity contribution >= 4 is 23.2 Å². The van der Waals surface area contributed by atoms with Gasteiger partial charge in [-0.05, 0) is 6.07 Å². The predicted octanol–water partition coefficient (Wildman–Crippen LogP) is 2.92. The SMILES string of the molecule is C=C(F)C(=O)Nc1cc(Cl)c2c(c1)OCCCO2. The number of rotatable bonds is 2. The summed E-state index contributed by atoms with van der Waals surface area (Å²) in [4.78, 5) is 11.2. The largest absolute Gasteiger partial charge is 0.489 e. The Morgan fingerprint density at radius 2 is 2.11 bits per heavy atom. The number of carbonyl (C=O) groups is 1. The molecular weight excluding hydrogens is 261 g/mol. The molecule has 0 unspecified atom stereocenters. The van der Waals surface area contributed by atoms with E-state index >= 15 is 0 Å². The van der Waals surface area contributed by atoms with E-state index in [0.29, 0.717) is 35.4 Å². The lowest BCUT2D eigenvalue weighted by molar-refractivity contribution is -0.114. The van der Waals surface area contributed by atoms with Gasteiger partial charge in [0.2, 0.25) is 0 Å². The van der Waals surface area contributed by atoms with Gasteiger partial charge in [0.15, 0.2) is 17.3 Å². The molecule has 0 atom stereocenters. The first kappa shape index (κ1) is 12.7. The topological polar surface area (TPSA) is 47.6 Å². The molecule has 1 aromatic rings. The summed E-state index contributed by atoms with van der Waals surface area (Å²) in [7, 11) is 0. The van der Waals surface area contributed by atoms with Crippen molar-refractivity contribution in [3.63, 3.8) is 0 Å². The number of benzene rings is 1. The Balaban J connectivity index is 2.29. The highest BCUT2D eigenvalue weighted by molar-refractivity contribution is 6.32. The van der Waals surface area contributed by atoms with Gasteiger partial charge in [-0.3, -0.25) is 4.79 Å². The van der Waals surface area contributed by atoms with E-state index in [0.717, 1.165) is 6.42 Å². The van der Waals surface area contributed by atoms with E-state index in [1.54, 1.807) is 0 Å². The Morgan fingerprint density at radius 3 is 2.83 bits per heavy atom. The van der Waals surface area contributed by atoms with Gasteiger partial charge < -0.3 is 14.8 Å². The van der Waals surface area contributed by atoms with Crippen molar-refractivity contribution in [3.05, 3.63) is 29.6 Å². The van der Waals surface area contributed by atoms with Gasteiger partial charge in [-0.15, -0.1) is 0 Å². The zero-order valence-electron chi connectivity index (χ0n) is 9.46. The Morgan fingerprint density at radius 1 is 1.39 bits per heavy atom. The molecule has 0 saturated heterocycles. The highest BCUT2D eigenvalue weighted by Gasteiger charge is 2.17. The first-order chi connectivity index (χ1) is 8.58.